The molecule has 0 aliphatic heterocycles. The maximum atomic E-state index is 10.7. The monoisotopic (exact) mass is 195 g/mol. The lowest BCUT2D eigenvalue weighted by molar-refractivity contribution is 0.181. The summed E-state index contributed by atoms with van der Waals surface area (Å²) in [5.74, 6) is 0. The van der Waals surface area contributed by atoms with Crippen LogP contribution in [0.2, 0.25) is 0 Å². The molecule has 0 saturated heterocycles. The first kappa shape index (κ1) is 10.8. The maximum absolute atomic E-state index is 10.7. The number of unbranched alkanes of at least 4 members (excludes halogenated alkanes) is 1. The van der Waals surface area contributed by atoms with Crippen LogP contribution in [0.5, 0.6) is 0 Å². The minimum Gasteiger partial charge on any atom is -0.465 e. The van der Waals surface area contributed by atoms with Gasteiger partial charge in [-0.05, 0) is 12.8 Å². The molecule has 1 rings (SSSR count). The van der Waals surface area contributed by atoms with Gasteiger partial charge in [0, 0.05) is 0 Å². The molecule has 14 heavy (non-hydrogen) atoms. The molecule has 1 amide bonds. The second-order valence-corrected chi connectivity index (χ2v) is 3.68. The minimum atomic E-state index is -0.943. The predicted octanol–water partition coefficient (Wildman–Crippen LogP) is 2.70. The molecule has 0 saturated carbocycles. The summed E-state index contributed by atoms with van der Waals surface area (Å²) in [6.45, 7) is 2.11. The van der Waals surface area contributed by atoms with Crippen LogP contribution in [-0.4, -0.2) is 16.7 Å². The predicted molar refractivity (Wildman–Crippen MR) is 56.3 cm³/mol. The van der Waals surface area contributed by atoms with E-state index in [0.29, 0.717) is 0 Å². The van der Waals surface area contributed by atoms with Crippen molar-refractivity contribution in [3.63, 3.8) is 0 Å². The standard InChI is InChI=1S/C11H17NO2/c1-2-3-7-11(12-10(13)14)8-5-4-6-9-11/h4-6,8,12H,2-3,7,9H2,1H3,(H,13,14). The molecule has 1 atom stereocenters. The third kappa shape index (κ3) is 2.91. The number of allylic oxidation sites excluding steroid dienone is 2. The summed E-state index contributed by atoms with van der Waals surface area (Å²) in [4.78, 5) is 10.7. The highest BCUT2D eigenvalue weighted by Gasteiger charge is 2.27. The van der Waals surface area contributed by atoms with Crippen LogP contribution in [0.3, 0.4) is 0 Å². The van der Waals surface area contributed by atoms with Gasteiger partial charge in [-0.15, -0.1) is 0 Å². The fourth-order valence-corrected chi connectivity index (χ4v) is 1.71. The van der Waals surface area contributed by atoms with E-state index in [1.165, 1.54) is 0 Å². The zero-order chi connectivity index (χ0) is 10.4. The first-order valence-corrected chi connectivity index (χ1v) is 5.04. The molecule has 0 bridgehead atoms. The Bertz CT molecular complexity index is 258. The summed E-state index contributed by atoms with van der Waals surface area (Å²) in [6, 6.07) is 0. The van der Waals surface area contributed by atoms with Crippen LogP contribution >= 0.6 is 0 Å². The van der Waals surface area contributed by atoms with E-state index < -0.39 is 6.09 Å². The molecule has 1 unspecified atom stereocenters. The summed E-state index contributed by atoms with van der Waals surface area (Å²) >= 11 is 0. The Hall–Kier alpha value is -1.25. The molecule has 0 aromatic heterocycles. The minimum absolute atomic E-state index is 0.364. The van der Waals surface area contributed by atoms with Gasteiger partial charge in [-0.1, -0.05) is 44.1 Å². The molecule has 3 heteroatoms. The van der Waals surface area contributed by atoms with E-state index in [-0.39, 0.29) is 5.54 Å². The molecule has 0 aromatic rings. The van der Waals surface area contributed by atoms with E-state index in [1.807, 2.05) is 24.3 Å². The van der Waals surface area contributed by atoms with Gasteiger partial charge in [0.2, 0.25) is 0 Å². The van der Waals surface area contributed by atoms with E-state index in [9.17, 15) is 4.79 Å². The highest BCUT2D eigenvalue weighted by atomic mass is 16.4. The molecule has 78 valence electrons. The molecule has 0 aromatic carbocycles. The fraction of sp³-hybridized carbons (Fsp3) is 0.545. The lowest BCUT2D eigenvalue weighted by atomic mass is 9.86. The molecule has 2 N–H and O–H groups in total. The van der Waals surface area contributed by atoms with Crippen LogP contribution in [0.15, 0.2) is 24.3 Å². The van der Waals surface area contributed by atoms with Crippen LogP contribution < -0.4 is 5.32 Å². The van der Waals surface area contributed by atoms with Gasteiger partial charge >= 0.3 is 6.09 Å². The van der Waals surface area contributed by atoms with Crippen LogP contribution in [-0.2, 0) is 0 Å². The quantitative estimate of drug-likeness (QED) is 0.724. The summed E-state index contributed by atoms with van der Waals surface area (Å²) < 4.78 is 0. The Kier molecular flexibility index (Phi) is 3.74. The van der Waals surface area contributed by atoms with Crippen molar-refractivity contribution in [3.05, 3.63) is 24.3 Å². The normalized spacial score (nSPS) is 24.9. The molecule has 0 heterocycles. The van der Waals surface area contributed by atoms with Crippen molar-refractivity contribution in [2.45, 2.75) is 38.1 Å². The molecule has 1 aliphatic rings. The molecular weight excluding hydrogens is 178 g/mol. The number of rotatable bonds is 4. The van der Waals surface area contributed by atoms with Gasteiger partial charge in [-0.2, -0.15) is 0 Å². The van der Waals surface area contributed by atoms with Crippen LogP contribution in [0.1, 0.15) is 32.6 Å². The molecular formula is C11H17NO2. The Labute approximate surface area is 84.5 Å². The van der Waals surface area contributed by atoms with Crippen molar-refractivity contribution in [1.82, 2.24) is 5.32 Å². The first-order chi connectivity index (χ1) is 6.68. The number of carbonyl (C=O) groups is 1. The Morgan fingerprint density at radius 2 is 2.36 bits per heavy atom. The van der Waals surface area contributed by atoms with Gasteiger partial charge in [-0.3, -0.25) is 0 Å². The number of amides is 1. The van der Waals surface area contributed by atoms with Crippen molar-refractivity contribution in [2.24, 2.45) is 0 Å². The maximum Gasteiger partial charge on any atom is 0.405 e. The lowest BCUT2D eigenvalue weighted by Crippen LogP contribution is -2.46. The third-order valence-corrected chi connectivity index (χ3v) is 2.48. The fourth-order valence-electron chi connectivity index (χ4n) is 1.71. The lowest BCUT2D eigenvalue weighted by Gasteiger charge is -2.31. The van der Waals surface area contributed by atoms with Gasteiger partial charge < -0.3 is 10.4 Å². The van der Waals surface area contributed by atoms with Crippen molar-refractivity contribution in [3.8, 4) is 0 Å². The van der Waals surface area contributed by atoms with Gasteiger partial charge in [0.05, 0.1) is 5.54 Å². The Morgan fingerprint density at radius 1 is 1.57 bits per heavy atom. The summed E-state index contributed by atoms with van der Waals surface area (Å²) in [5, 5.41) is 11.4. The SMILES string of the molecule is CCCCC1(NC(=O)O)C=CC=CC1. The summed E-state index contributed by atoms with van der Waals surface area (Å²) in [5.41, 5.74) is -0.364. The molecule has 0 spiro atoms. The summed E-state index contributed by atoms with van der Waals surface area (Å²) in [7, 11) is 0. The first-order valence-electron chi connectivity index (χ1n) is 5.04. The van der Waals surface area contributed by atoms with Crippen molar-refractivity contribution in [2.75, 3.05) is 0 Å². The smallest absolute Gasteiger partial charge is 0.405 e. The van der Waals surface area contributed by atoms with Crippen molar-refractivity contribution >= 4 is 6.09 Å². The highest BCUT2D eigenvalue weighted by Crippen LogP contribution is 2.24. The van der Waals surface area contributed by atoms with Crippen LogP contribution in [0.4, 0.5) is 4.79 Å². The van der Waals surface area contributed by atoms with E-state index >= 15 is 0 Å². The molecule has 3 nitrogen and oxygen atoms in total. The van der Waals surface area contributed by atoms with Crippen molar-refractivity contribution < 1.29 is 9.90 Å². The summed E-state index contributed by atoms with van der Waals surface area (Å²) in [6.07, 6.45) is 10.6. The van der Waals surface area contributed by atoms with Gasteiger partial charge in [0.15, 0.2) is 0 Å². The average Bonchev–Trinajstić information content (AvgIpc) is 2.15. The van der Waals surface area contributed by atoms with E-state index in [0.717, 1.165) is 25.7 Å². The second-order valence-electron chi connectivity index (χ2n) is 3.68. The number of nitrogens with one attached hydrogen (secondary N) is 1. The number of carboxylic acid groups (broad SMARTS) is 1. The number of hydrogen-bond donors (Lipinski definition) is 2. The Balaban J connectivity index is 2.63. The number of hydrogen-bond acceptors (Lipinski definition) is 1. The zero-order valence-corrected chi connectivity index (χ0v) is 8.49. The van der Waals surface area contributed by atoms with Gasteiger partial charge in [-0.25, -0.2) is 4.79 Å². The second kappa shape index (κ2) is 4.84. The van der Waals surface area contributed by atoms with Crippen LogP contribution in [0.25, 0.3) is 0 Å². The topological polar surface area (TPSA) is 49.3 Å². The molecule has 1 aliphatic carbocycles. The average molecular weight is 195 g/mol. The highest BCUT2D eigenvalue weighted by molar-refractivity contribution is 5.66. The van der Waals surface area contributed by atoms with Crippen LogP contribution in [0, 0.1) is 0 Å². The van der Waals surface area contributed by atoms with E-state index in [2.05, 4.69) is 12.2 Å². The van der Waals surface area contributed by atoms with E-state index in [1.54, 1.807) is 0 Å². The van der Waals surface area contributed by atoms with Gasteiger partial charge in [0.1, 0.15) is 0 Å². The molecule has 0 radical (unpaired) electrons. The van der Waals surface area contributed by atoms with Crippen molar-refractivity contribution in [1.29, 1.82) is 0 Å². The van der Waals surface area contributed by atoms with Gasteiger partial charge in [0.25, 0.3) is 0 Å². The Morgan fingerprint density at radius 3 is 2.86 bits per heavy atom. The van der Waals surface area contributed by atoms with E-state index in [4.69, 9.17) is 5.11 Å². The zero-order valence-electron chi connectivity index (χ0n) is 8.49. The molecule has 0 fully saturated rings. The third-order valence-electron chi connectivity index (χ3n) is 2.48. The largest absolute Gasteiger partial charge is 0.465 e.